The molecule has 80 valence electrons. The molecule has 0 spiro atoms. The third-order valence-electron chi connectivity index (χ3n) is 2.19. The van der Waals surface area contributed by atoms with E-state index in [1.165, 1.54) is 19.3 Å². The van der Waals surface area contributed by atoms with Crippen LogP contribution < -0.4 is 5.32 Å². The molecule has 0 heterocycles. The summed E-state index contributed by atoms with van der Waals surface area (Å²) >= 11 is 0. The van der Waals surface area contributed by atoms with Crippen LogP contribution in [0.15, 0.2) is 0 Å². The van der Waals surface area contributed by atoms with Gasteiger partial charge in [0.2, 0.25) is 0 Å². The minimum atomic E-state index is 0.268. The van der Waals surface area contributed by atoms with Crippen LogP contribution >= 0.6 is 0 Å². The van der Waals surface area contributed by atoms with Crippen LogP contribution in [0.25, 0.3) is 0 Å². The molecule has 1 unspecified atom stereocenters. The topological polar surface area (TPSA) is 32.3 Å². The molecule has 0 saturated heterocycles. The first-order valence-electron chi connectivity index (χ1n) is 5.55. The summed E-state index contributed by atoms with van der Waals surface area (Å²) in [6.45, 7) is 7.90. The number of nitrogens with one attached hydrogen (secondary N) is 1. The van der Waals surface area contributed by atoms with Crippen LogP contribution in [-0.4, -0.2) is 24.3 Å². The molecule has 0 saturated carbocycles. The molecule has 0 aromatic heterocycles. The Morgan fingerprint density at radius 2 is 1.92 bits per heavy atom. The molecular weight excluding hydrogens is 162 g/mol. The van der Waals surface area contributed by atoms with Crippen molar-refractivity contribution < 1.29 is 5.11 Å². The van der Waals surface area contributed by atoms with E-state index in [1.807, 2.05) is 0 Å². The third-order valence-corrected chi connectivity index (χ3v) is 2.19. The molecule has 0 aromatic carbocycles. The minimum Gasteiger partial charge on any atom is -0.395 e. The van der Waals surface area contributed by atoms with Crippen LogP contribution in [0.1, 0.15) is 46.5 Å². The molecule has 0 aromatic rings. The van der Waals surface area contributed by atoms with Crippen molar-refractivity contribution in [2.75, 3.05) is 13.2 Å². The Bertz CT molecular complexity index is 104. The van der Waals surface area contributed by atoms with Crippen LogP contribution in [0.4, 0.5) is 0 Å². The fourth-order valence-electron chi connectivity index (χ4n) is 1.47. The average Bonchev–Trinajstić information content (AvgIpc) is 2.09. The predicted octanol–water partition coefficient (Wildman–Crippen LogP) is 2.17. The first kappa shape index (κ1) is 12.9. The maximum Gasteiger partial charge on any atom is 0.0584 e. The highest BCUT2D eigenvalue weighted by molar-refractivity contribution is 4.66. The first-order valence-corrected chi connectivity index (χ1v) is 5.55. The number of hydrogen-bond acceptors (Lipinski definition) is 2. The quantitative estimate of drug-likeness (QED) is 0.571. The highest BCUT2D eigenvalue weighted by atomic mass is 16.3. The summed E-state index contributed by atoms with van der Waals surface area (Å²) in [5, 5.41) is 12.5. The molecule has 2 N–H and O–H groups in total. The van der Waals surface area contributed by atoms with Gasteiger partial charge in [-0.3, -0.25) is 0 Å². The van der Waals surface area contributed by atoms with Crippen LogP contribution in [0.5, 0.6) is 0 Å². The van der Waals surface area contributed by atoms with E-state index in [-0.39, 0.29) is 6.61 Å². The molecule has 2 nitrogen and oxygen atoms in total. The summed E-state index contributed by atoms with van der Waals surface area (Å²) in [4.78, 5) is 0. The second-order valence-electron chi connectivity index (χ2n) is 4.17. The summed E-state index contributed by atoms with van der Waals surface area (Å²) in [5.74, 6) is 0.663. The number of unbranched alkanes of at least 4 members (excludes halogenated alkanes) is 2. The van der Waals surface area contributed by atoms with Gasteiger partial charge in [-0.25, -0.2) is 0 Å². The van der Waals surface area contributed by atoms with Gasteiger partial charge >= 0.3 is 0 Å². The fraction of sp³-hybridized carbons (Fsp3) is 1.00. The summed E-state index contributed by atoms with van der Waals surface area (Å²) < 4.78 is 0. The summed E-state index contributed by atoms with van der Waals surface area (Å²) in [6, 6.07) is 0.303. The maximum atomic E-state index is 9.07. The normalized spacial score (nSPS) is 13.6. The van der Waals surface area contributed by atoms with E-state index in [9.17, 15) is 0 Å². The van der Waals surface area contributed by atoms with Gasteiger partial charge in [-0.05, 0) is 25.3 Å². The lowest BCUT2D eigenvalue weighted by Crippen LogP contribution is -2.34. The molecule has 0 amide bonds. The van der Waals surface area contributed by atoms with Gasteiger partial charge in [0.15, 0.2) is 0 Å². The van der Waals surface area contributed by atoms with E-state index >= 15 is 0 Å². The zero-order valence-corrected chi connectivity index (χ0v) is 9.34. The van der Waals surface area contributed by atoms with Crippen molar-refractivity contribution in [3.8, 4) is 0 Å². The van der Waals surface area contributed by atoms with Crippen molar-refractivity contribution in [1.82, 2.24) is 5.32 Å². The van der Waals surface area contributed by atoms with Crippen molar-refractivity contribution in [3.05, 3.63) is 0 Å². The molecule has 0 rings (SSSR count). The zero-order valence-electron chi connectivity index (χ0n) is 9.34. The van der Waals surface area contributed by atoms with E-state index in [0.717, 1.165) is 13.0 Å². The van der Waals surface area contributed by atoms with Gasteiger partial charge in [0.25, 0.3) is 0 Å². The Kier molecular flexibility index (Phi) is 8.46. The second-order valence-corrected chi connectivity index (χ2v) is 4.17. The van der Waals surface area contributed by atoms with Crippen molar-refractivity contribution in [3.63, 3.8) is 0 Å². The van der Waals surface area contributed by atoms with Crippen LogP contribution in [0.3, 0.4) is 0 Å². The van der Waals surface area contributed by atoms with E-state index in [2.05, 4.69) is 26.1 Å². The van der Waals surface area contributed by atoms with Crippen molar-refractivity contribution in [1.29, 1.82) is 0 Å². The Morgan fingerprint density at radius 1 is 1.23 bits per heavy atom. The summed E-state index contributed by atoms with van der Waals surface area (Å²) in [7, 11) is 0. The molecule has 0 bridgehead atoms. The highest BCUT2D eigenvalue weighted by Crippen LogP contribution is 2.04. The molecular formula is C11H25NO. The van der Waals surface area contributed by atoms with E-state index in [0.29, 0.717) is 12.0 Å². The van der Waals surface area contributed by atoms with Gasteiger partial charge < -0.3 is 10.4 Å². The number of rotatable bonds is 8. The SMILES string of the molecule is CCCCCNC(CO)CC(C)C. The Balaban J connectivity index is 3.36. The number of aliphatic hydroxyl groups is 1. The number of hydrogen-bond donors (Lipinski definition) is 2. The fourth-order valence-corrected chi connectivity index (χ4v) is 1.47. The molecule has 2 heteroatoms. The summed E-state index contributed by atoms with van der Waals surface area (Å²) in [5.41, 5.74) is 0. The van der Waals surface area contributed by atoms with Crippen LogP contribution in [-0.2, 0) is 0 Å². The van der Waals surface area contributed by atoms with Crippen molar-refractivity contribution in [2.24, 2.45) is 5.92 Å². The monoisotopic (exact) mass is 187 g/mol. The van der Waals surface area contributed by atoms with Crippen LogP contribution in [0.2, 0.25) is 0 Å². The lowest BCUT2D eigenvalue weighted by Gasteiger charge is -2.17. The predicted molar refractivity (Wildman–Crippen MR) is 57.9 cm³/mol. The van der Waals surface area contributed by atoms with Gasteiger partial charge in [0, 0.05) is 6.04 Å². The summed E-state index contributed by atoms with van der Waals surface area (Å²) in [6.07, 6.45) is 4.84. The Hall–Kier alpha value is -0.0800. The Morgan fingerprint density at radius 3 is 2.38 bits per heavy atom. The van der Waals surface area contributed by atoms with Gasteiger partial charge in [0.1, 0.15) is 0 Å². The van der Waals surface area contributed by atoms with E-state index in [1.54, 1.807) is 0 Å². The smallest absolute Gasteiger partial charge is 0.0584 e. The largest absolute Gasteiger partial charge is 0.395 e. The minimum absolute atomic E-state index is 0.268. The zero-order chi connectivity index (χ0) is 10.1. The molecule has 1 atom stereocenters. The van der Waals surface area contributed by atoms with Gasteiger partial charge in [-0.1, -0.05) is 33.6 Å². The molecule has 0 fully saturated rings. The first-order chi connectivity index (χ1) is 6.20. The van der Waals surface area contributed by atoms with Crippen LogP contribution in [0, 0.1) is 5.92 Å². The third kappa shape index (κ3) is 8.26. The molecule has 0 aliphatic carbocycles. The van der Waals surface area contributed by atoms with E-state index < -0.39 is 0 Å². The molecule has 0 aliphatic rings. The molecule has 0 radical (unpaired) electrons. The highest BCUT2D eigenvalue weighted by Gasteiger charge is 2.07. The molecule has 13 heavy (non-hydrogen) atoms. The van der Waals surface area contributed by atoms with E-state index in [4.69, 9.17) is 5.11 Å². The lowest BCUT2D eigenvalue weighted by atomic mass is 10.0. The van der Waals surface area contributed by atoms with Gasteiger partial charge in [-0.15, -0.1) is 0 Å². The standard InChI is InChI=1S/C11H25NO/c1-4-5-6-7-12-11(9-13)8-10(2)3/h10-13H,4-9H2,1-3H3. The average molecular weight is 187 g/mol. The van der Waals surface area contributed by atoms with Crippen molar-refractivity contribution in [2.45, 2.75) is 52.5 Å². The Labute approximate surface area is 82.7 Å². The number of aliphatic hydroxyl groups excluding tert-OH is 1. The lowest BCUT2D eigenvalue weighted by molar-refractivity contribution is 0.224. The maximum absolute atomic E-state index is 9.07. The van der Waals surface area contributed by atoms with Gasteiger partial charge in [-0.2, -0.15) is 0 Å². The van der Waals surface area contributed by atoms with Crippen molar-refractivity contribution >= 4 is 0 Å². The molecule has 0 aliphatic heterocycles. The van der Waals surface area contributed by atoms with Gasteiger partial charge in [0.05, 0.1) is 6.61 Å². The second kappa shape index (κ2) is 8.52.